The maximum atomic E-state index is 10.5. The first kappa shape index (κ1) is 16.1. The molecule has 1 rings (SSSR count). The van der Waals surface area contributed by atoms with E-state index < -0.39 is 18.4 Å². The zero-order chi connectivity index (χ0) is 13.0. The normalized spacial score (nSPS) is 11.5. The van der Waals surface area contributed by atoms with E-state index in [0.29, 0.717) is 0 Å². The molecule has 0 aliphatic heterocycles. The standard InChI is InChI=1S/C6H5BrO3S.Cl2O2S/c7-5-1-3-6(4-2-5)11(8,9)10;1-5(2,3)4/h1-4H,(H,8,9,10);. The molecule has 0 saturated heterocycles. The lowest BCUT2D eigenvalue weighted by atomic mass is 10.4. The summed E-state index contributed by atoms with van der Waals surface area (Å²) in [7, 11) is 0.773. The molecular weight excluding hydrogens is 367 g/mol. The van der Waals surface area contributed by atoms with E-state index in [1.165, 1.54) is 12.1 Å². The van der Waals surface area contributed by atoms with E-state index in [2.05, 4.69) is 37.3 Å². The Morgan fingerprint density at radius 2 is 1.31 bits per heavy atom. The molecule has 0 aliphatic carbocycles. The van der Waals surface area contributed by atoms with Gasteiger partial charge in [-0.3, -0.25) is 4.55 Å². The third-order valence-electron chi connectivity index (χ3n) is 1.11. The van der Waals surface area contributed by atoms with E-state index >= 15 is 0 Å². The summed E-state index contributed by atoms with van der Waals surface area (Å²) in [5.74, 6) is 0. The van der Waals surface area contributed by atoms with Gasteiger partial charge in [-0.15, -0.1) is 0 Å². The molecule has 0 radical (unpaired) electrons. The van der Waals surface area contributed by atoms with E-state index in [-0.39, 0.29) is 4.90 Å². The molecule has 10 heteroatoms. The lowest BCUT2D eigenvalue weighted by Crippen LogP contribution is -1.96. The highest BCUT2D eigenvalue weighted by molar-refractivity contribution is 9.10. The van der Waals surface area contributed by atoms with Crippen molar-refractivity contribution >= 4 is 55.7 Å². The number of hydrogen-bond donors (Lipinski definition) is 1. The highest BCUT2D eigenvalue weighted by atomic mass is 79.9. The van der Waals surface area contributed by atoms with Gasteiger partial charge in [0.1, 0.15) is 0 Å². The Labute approximate surface area is 110 Å². The summed E-state index contributed by atoms with van der Waals surface area (Å²) in [4.78, 5) is -0.0966. The lowest BCUT2D eigenvalue weighted by Gasteiger charge is -1.94. The van der Waals surface area contributed by atoms with Gasteiger partial charge in [-0.05, 0) is 24.3 Å². The first-order chi connectivity index (χ1) is 7.00. The quantitative estimate of drug-likeness (QED) is 0.604. The van der Waals surface area contributed by atoms with Crippen LogP contribution in [0.2, 0.25) is 0 Å². The second-order valence-electron chi connectivity index (χ2n) is 2.31. The van der Waals surface area contributed by atoms with E-state index in [0.717, 1.165) is 4.47 Å². The van der Waals surface area contributed by atoms with E-state index in [4.69, 9.17) is 13.0 Å². The van der Waals surface area contributed by atoms with Crippen molar-refractivity contribution in [2.75, 3.05) is 0 Å². The maximum absolute atomic E-state index is 10.5. The van der Waals surface area contributed by atoms with Gasteiger partial charge in [-0.25, -0.2) is 0 Å². The van der Waals surface area contributed by atoms with Crippen LogP contribution in [0.3, 0.4) is 0 Å². The van der Waals surface area contributed by atoms with Gasteiger partial charge in [-0.1, -0.05) is 15.9 Å². The number of benzene rings is 1. The number of halogens is 3. The fourth-order valence-electron chi connectivity index (χ4n) is 0.607. The van der Waals surface area contributed by atoms with Crippen LogP contribution in [-0.4, -0.2) is 21.4 Å². The molecule has 0 spiro atoms. The molecule has 16 heavy (non-hydrogen) atoms. The molecule has 0 fully saturated rings. The molecule has 1 aromatic rings. The minimum Gasteiger partial charge on any atom is -0.282 e. The Balaban J connectivity index is 0.000000385. The smallest absolute Gasteiger partial charge is 0.282 e. The fraction of sp³-hybridized carbons (Fsp3) is 0. The van der Waals surface area contributed by atoms with Crippen LogP contribution in [0.4, 0.5) is 0 Å². The lowest BCUT2D eigenvalue weighted by molar-refractivity contribution is 0.483. The molecule has 0 amide bonds. The molecule has 1 aromatic carbocycles. The maximum Gasteiger partial charge on any atom is 0.317 e. The van der Waals surface area contributed by atoms with Crippen molar-refractivity contribution in [3.63, 3.8) is 0 Å². The van der Waals surface area contributed by atoms with Crippen molar-refractivity contribution in [3.05, 3.63) is 28.7 Å². The molecule has 92 valence electrons. The molecule has 5 nitrogen and oxygen atoms in total. The predicted molar refractivity (Wildman–Crippen MR) is 64.6 cm³/mol. The van der Waals surface area contributed by atoms with Gasteiger partial charge < -0.3 is 0 Å². The van der Waals surface area contributed by atoms with Crippen LogP contribution in [0, 0.1) is 0 Å². The summed E-state index contributed by atoms with van der Waals surface area (Å²) in [5, 5.41) is 0. The average molecular weight is 372 g/mol. The zero-order valence-electron chi connectivity index (χ0n) is 7.34. The Kier molecular flexibility index (Phi) is 6.23. The summed E-state index contributed by atoms with van der Waals surface area (Å²) in [6, 6.07) is 5.73. The third kappa shape index (κ3) is 9.37. The SMILES string of the molecule is O=S(=O)(Cl)Cl.O=S(=O)(O)c1ccc(Br)cc1. The van der Waals surface area contributed by atoms with E-state index in [1.54, 1.807) is 12.1 Å². The van der Waals surface area contributed by atoms with Crippen LogP contribution < -0.4 is 0 Å². The summed E-state index contributed by atoms with van der Waals surface area (Å²) in [6.45, 7) is 0. The molecular formula is C6H5BrCl2O5S2. The molecule has 1 N–H and O–H groups in total. The van der Waals surface area contributed by atoms with Crippen LogP contribution in [0.5, 0.6) is 0 Å². The summed E-state index contributed by atoms with van der Waals surface area (Å²) >= 11 is 3.14. The van der Waals surface area contributed by atoms with Gasteiger partial charge in [0.05, 0.1) is 4.90 Å². The first-order valence-electron chi connectivity index (χ1n) is 3.37. The minimum absolute atomic E-state index is 0.0966. The van der Waals surface area contributed by atoms with Crippen LogP contribution in [0.25, 0.3) is 0 Å². The van der Waals surface area contributed by atoms with Crippen molar-refractivity contribution in [1.82, 2.24) is 0 Å². The van der Waals surface area contributed by atoms with Gasteiger partial charge in [0.15, 0.2) is 0 Å². The van der Waals surface area contributed by atoms with Crippen molar-refractivity contribution in [2.24, 2.45) is 0 Å². The monoisotopic (exact) mass is 370 g/mol. The molecule has 0 unspecified atom stereocenters. The van der Waals surface area contributed by atoms with Gasteiger partial charge in [0.25, 0.3) is 10.1 Å². The van der Waals surface area contributed by atoms with Gasteiger partial charge >= 0.3 is 8.26 Å². The van der Waals surface area contributed by atoms with Crippen molar-refractivity contribution < 1.29 is 21.4 Å². The summed E-state index contributed by atoms with van der Waals surface area (Å²) in [6.07, 6.45) is 0. The summed E-state index contributed by atoms with van der Waals surface area (Å²) < 4.78 is 48.6. The highest BCUT2D eigenvalue weighted by Crippen LogP contribution is 2.13. The zero-order valence-corrected chi connectivity index (χ0v) is 12.1. The predicted octanol–water partition coefficient (Wildman–Crippen LogP) is 2.40. The van der Waals surface area contributed by atoms with Crippen LogP contribution >= 0.6 is 37.3 Å². The molecule has 0 atom stereocenters. The Morgan fingerprint density at radius 3 is 1.56 bits per heavy atom. The second kappa shape index (κ2) is 6.18. The minimum atomic E-state index is -4.04. The highest BCUT2D eigenvalue weighted by Gasteiger charge is 2.07. The Hall–Kier alpha value is 0.140. The third-order valence-corrected chi connectivity index (χ3v) is 2.51. The second-order valence-corrected chi connectivity index (χ2v) is 8.31. The molecule has 0 bridgehead atoms. The fourth-order valence-corrected chi connectivity index (χ4v) is 1.35. The molecule has 0 aliphatic rings. The molecule has 0 aromatic heterocycles. The topological polar surface area (TPSA) is 88.5 Å². The largest absolute Gasteiger partial charge is 0.317 e. The molecule has 0 heterocycles. The van der Waals surface area contributed by atoms with Crippen molar-refractivity contribution in [1.29, 1.82) is 0 Å². The number of rotatable bonds is 1. The Morgan fingerprint density at radius 1 is 1.00 bits per heavy atom. The summed E-state index contributed by atoms with van der Waals surface area (Å²) in [5.41, 5.74) is 0. The van der Waals surface area contributed by atoms with E-state index in [1.807, 2.05) is 0 Å². The Bertz CT molecular complexity index is 529. The van der Waals surface area contributed by atoms with Gasteiger partial charge in [0, 0.05) is 25.8 Å². The van der Waals surface area contributed by atoms with Crippen LogP contribution in [-0.2, 0) is 18.4 Å². The van der Waals surface area contributed by atoms with Crippen molar-refractivity contribution in [2.45, 2.75) is 4.90 Å². The number of hydrogen-bond acceptors (Lipinski definition) is 4. The van der Waals surface area contributed by atoms with E-state index in [9.17, 15) is 8.42 Å². The van der Waals surface area contributed by atoms with Crippen molar-refractivity contribution in [3.8, 4) is 0 Å². The van der Waals surface area contributed by atoms with Gasteiger partial charge in [-0.2, -0.15) is 16.8 Å². The van der Waals surface area contributed by atoms with Crippen LogP contribution in [0.1, 0.15) is 0 Å². The first-order valence-corrected chi connectivity index (χ1v) is 8.74. The average Bonchev–Trinajstić information content (AvgIpc) is 1.99. The van der Waals surface area contributed by atoms with Crippen LogP contribution in [0.15, 0.2) is 33.6 Å². The molecule has 0 saturated carbocycles. The van der Waals surface area contributed by atoms with Gasteiger partial charge in [0.2, 0.25) is 0 Å².